The van der Waals surface area contributed by atoms with Crippen LogP contribution in [0.5, 0.6) is 0 Å². The predicted molar refractivity (Wildman–Crippen MR) is 44.4 cm³/mol. The van der Waals surface area contributed by atoms with E-state index in [1.807, 2.05) is 6.92 Å². The molecule has 1 saturated carbocycles. The molecule has 11 heavy (non-hydrogen) atoms. The van der Waals surface area contributed by atoms with Gasteiger partial charge in [0.15, 0.2) is 0 Å². The lowest BCUT2D eigenvalue weighted by Crippen LogP contribution is -2.21. The van der Waals surface area contributed by atoms with Gasteiger partial charge in [0.25, 0.3) is 0 Å². The van der Waals surface area contributed by atoms with Crippen molar-refractivity contribution in [3.8, 4) is 0 Å². The number of aliphatic hydroxyl groups excluding tert-OH is 1. The average Bonchev–Trinajstić information content (AvgIpc) is 2.31. The predicted octanol–water partition coefficient (Wildman–Crippen LogP) is 1.35. The second-order valence-electron chi connectivity index (χ2n) is 3.51. The van der Waals surface area contributed by atoms with Gasteiger partial charge < -0.3 is 9.84 Å². The molecule has 0 aliphatic heterocycles. The first-order valence-electron chi connectivity index (χ1n) is 3.97. The van der Waals surface area contributed by atoms with E-state index in [1.54, 1.807) is 7.11 Å². The Bertz CT molecular complexity index is 165. The molecule has 0 aromatic carbocycles. The van der Waals surface area contributed by atoms with Gasteiger partial charge in [0.1, 0.15) is 0 Å². The van der Waals surface area contributed by atoms with Crippen LogP contribution in [-0.2, 0) is 4.74 Å². The summed E-state index contributed by atoms with van der Waals surface area (Å²) in [6.07, 6.45) is 2.14. The Labute approximate surface area is 67.9 Å². The second-order valence-corrected chi connectivity index (χ2v) is 3.51. The highest BCUT2D eigenvalue weighted by Crippen LogP contribution is 2.42. The minimum atomic E-state index is -0.0966. The van der Waals surface area contributed by atoms with Crippen molar-refractivity contribution < 1.29 is 9.84 Å². The molecule has 2 heteroatoms. The number of hydrogen-bond donors (Lipinski definition) is 1. The summed E-state index contributed by atoms with van der Waals surface area (Å²) in [7, 11) is 1.69. The number of hydrogen-bond acceptors (Lipinski definition) is 2. The van der Waals surface area contributed by atoms with Crippen LogP contribution in [0.3, 0.4) is 0 Å². The molecule has 1 fully saturated rings. The highest BCUT2D eigenvalue weighted by molar-refractivity contribution is 5.19. The molecule has 0 unspecified atom stereocenters. The van der Waals surface area contributed by atoms with E-state index >= 15 is 0 Å². The maximum atomic E-state index is 9.09. The minimum Gasteiger partial charge on any atom is -0.395 e. The molecule has 1 aliphatic carbocycles. The van der Waals surface area contributed by atoms with Crippen molar-refractivity contribution in [2.24, 2.45) is 5.41 Å². The number of ether oxygens (including phenoxy) is 1. The summed E-state index contributed by atoms with van der Waals surface area (Å²) in [5.74, 6) is 0. The van der Waals surface area contributed by atoms with Crippen LogP contribution < -0.4 is 0 Å². The Kier molecular flexibility index (Phi) is 2.35. The first-order chi connectivity index (χ1) is 5.14. The van der Waals surface area contributed by atoms with Gasteiger partial charge in [-0.1, -0.05) is 13.5 Å². The van der Waals surface area contributed by atoms with Crippen LogP contribution in [0, 0.1) is 5.41 Å². The van der Waals surface area contributed by atoms with Crippen LogP contribution in [0.25, 0.3) is 0 Å². The summed E-state index contributed by atoms with van der Waals surface area (Å²) in [5.41, 5.74) is 0.947. The van der Waals surface area contributed by atoms with E-state index in [9.17, 15) is 0 Å². The van der Waals surface area contributed by atoms with Crippen molar-refractivity contribution in [2.45, 2.75) is 25.9 Å². The molecule has 0 spiro atoms. The molecular weight excluding hydrogens is 140 g/mol. The Morgan fingerprint density at radius 2 is 2.45 bits per heavy atom. The standard InChI is InChI=1S/C9H16O2/c1-7-8(11-3)4-5-9(7,2)6-10/h8,10H,1,4-6H2,2-3H3/t8-,9+/m1/s1. The average molecular weight is 156 g/mol. The van der Waals surface area contributed by atoms with Gasteiger partial charge in [0.05, 0.1) is 12.7 Å². The van der Waals surface area contributed by atoms with Crippen molar-refractivity contribution in [3.63, 3.8) is 0 Å². The Morgan fingerprint density at radius 1 is 1.82 bits per heavy atom. The Morgan fingerprint density at radius 3 is 2.73 bits per heavy atom. The molecule has 2 nitrogen and oxygen atoms in total. The maximum absolute atomic E-state index is 9.09. The second kappa shape index (κ2) is 2.95. The Hall–Kier alpha value is -0.340. The largest absolute Gasteiger partial charge is 0.395 e. The van der Waals surface area contributed by atoms with Crippen molar-refractivity contribution in [2.75, 3.05) is 13.7 Å². The Balaban J connectivity index is 2.69. The lowest BCUT2D eigenvalue weighted by atomic mass is 9.86. The van der Waals surface area contributed by atoms with Gasteiger partial charge in [0.2, 0.25) is 0 Å². The van der Waals surface area contributed by atoms with Gasteiger partial charge in [-0.25, -0.2) is 0 Å². The van der Waals surface area contributed by atoms with Gasteiger partial charge in [-0.15, -0.1) is 0 Å². The molecule has 0 aromatic rings. The number of aliphatic hydroxyl groups is 1. The molecule has 1 aliphatic rings. The van der Waals surface area contributed by atoms with Crippen molar-refractivity contribution in [1.29, 1.82) is 0 Å². The molecule has 1 rings (SSSR count). The highest BCUT2D eigenvalue weighted by Gasteiger charge is 2.38. The van der Waals surface area contributed by atoms with Crippen LogP contribution in [0.4, 0.5) is 0 Å². The fourth-order valence-electron chi connectivity index (χ4n) is 1.61. The van der Waals surface area contributed by atoms with E-state index in [4.69, 9.17) is 9.84 Å². The molecule has 0 radical (unpaired) electrons. The van der Waals surface area contributed by atoms with E-state index in [0.717, 1.165) is 18.4 Å². The third kappa shape index (κ3) is 1.33. The minimum absolute atomic E-state index is 0.0966. The molecule has 64 valence electrons. The van der Waals surface area contributed by atoms with Crippen molar-refractivity contribution >= 4 is 0 Å². The van der Waals surface area contributed by atoms with Gasteiger partial charge >= 0.3 is 0 Å². The molecule has 0 saturated heterocycles. The van der Waals surface area contributed by atoms with E-state index in [0.29, 0.717) is 0 Å². The van der Waals surface area contributed by atoms with Crippen molar-refractivity contribution in [3.05, 3.63) is 12.2 Å². The third-order valence-electron chi connectivity index (χ3n) is 2.76. The van der Waals surface area contributed by atoms with E-state index in [-0.39, 0.29) is 18.1 Å². The van der Waals surface area contributed by atoms with Crippen molar-refractivity contribution in [1.82, 2.24) is 0 Å². The summed E-state index contributed by atoms with van der Waals surface area (Å²) >= 11 is 0. The molecule has 0 amide bonds. The van der Waals surface area contributed by atoms with E-state index in [1.165, 1.54) is 0 Å². The monoisotopic (exact) mass is 156 g/mol. The van der Waals surface area contributed by atoms with E-state index in [2.05, 4.69) is 6.58 Å². The lowest BCUT2D eigenvalue weighted by molar-refractivity contribution is 0.130. The normalized spacial score (nSPS) is 38.1. The summed E-state index contributed by atoms with van der Waals surface area (Å²) in [4.78, 5) is 0. The molecule has 0 bridgehead atoms. The number of methoxy groups -OCH3 is 1. The van der Waals surface area contributed by atoms with Crippen LogP contribution in [0.1, 0.15) is 19.8 Å². The van der Waals surface area contributed by atoms with Crippen LogP contribution in [-0.4, -0.2) is 24.9 Å². The fraction of sp³-hybridized carbons (Fsp3) is 0.778. The first kappa shape index (κ1) is 8.75. The molecule has 1 N–H and O–H groups in total. The van der Waals surface area contributed by atoms with E-state index < -0.39 is 0 Å². The summed E-state index contributed by atoms with van der Waals surface area (Å²) in [5, 5.41) is 9.09. The fourth-order valence-corrected chi connectivity index (χ4v) is 1.61. The van der Waals surface area contributed by atoms with Gasteiger partial charge in [-0.3, -0.25) is 0 Å². The molecular formula is C9H16O2. The maximum Gasteiger partial charge on any atom is 0.0785 e. The van der Waals surface area contributed by atoms with Crippen LogP contribution in [0.2, 0.25) is 0 Å². The van der Waals surface area contributed by atoms with Gasteiger partial charge in [0, 0.05) is 12.5 Å². The zero-order chi connectivity index (χ0) is 8.48. The molecule has 0 aromatic heterocycles. The van der Waals surface area contributed by atoms with Crippen LogP contribution in [0.15, 0.2) is 12.2 Å². The molecule has 0 heterocycles. The highest BCUT2D eigenvalue weighted by atomic mass is 16.5. The zero-order valence-corrected chi connectivity index (χ0v) is 7.26. The summed E-state index contributed by atoms with van der Waals surface area (Å²) in [6, 6.07) is 0. The first-order valence-corrected chi connectivity index (χ1v) is 3.97. The van der Waals surface area contributed by atoms with Gasteiger partial charge in [-0.2, -0.15) is 0 Å². The summed E-state index contributed by atoms with van der Waals surface area (Å²) < 4.78 is 5.21. The van der Waals surface area contributed by atoms with Gasteiger partial charge in [-0.05, 0) is 18.4 Å². The summed E-state index contributed by atoms with van der Waals surface area (Å²) in [6.45, 7) is 6.17. The molecule has 2 atom stereocenters. The topological polar surface area (TPSA) is 29.5 Å². The zero-order valence-electron chi connectivity index (χ0n) is 7.26. The number of rotatable bonds is 2. The third-order valence-corrected chi connectivity index (χ3v) is 2.76. The lowest BCUT2D eigenvalue weighted by Gasteiger charge is -2.23. The quantitative estimate of drug-likeness (QED) is 0.611. The van der Waals surface area contributed by atoms with Crippen LogP contribution >= 0.6 is 0 Å². The SMILES string of the molecule is C=C1[C@H](OC)CC[C@@]1(C)CO. The smallest absolute Gasteiger partial charge is 0.0785 e.